The summed E-state index contributed by atoms with van der Waals surface area (Å²) >= 11 is 0. The van der Waals surface area contributed by atoms with Gasteiger partial charge in [0.15, 0.2) is 6.54 Å². The number of nitrogens with one attached hydrogen (secondary N) is 2. The molecule has 1 aromatic rings. The van der Waals surface area contributed by atoms with E-state index in [2.05, 4.69) is 41.4 Å². The summed E-state index contributed by atoms with van der Waals surface area (Å²) in [6.07, 6.45) is 0.808. The van der Waals surface area contributed by atoms with Crippen molar-refractivity contribution in [1.29, 1.82) is 0 Å². The second kappa shape index (κ2) is 9.57. The molecule has 0 radical (unpaired) electrons. The number of rotatable bonds is 7. The molecule has 1 aromatic carbocycles. The van der Waals surface area contributed by atoms with Crippen molar-refractivity contribution in [2.45, 2.75) is 33.2 Å². The van der Waals surface area contributed by atoms with Gasteiger partial charge in [0.2, 0.25) is 0 Å². The standard InChI is InChI=1S/C20H31N3O3/c1-5-15(2)19(20(25)26-4)21-18(24)14-22-10-12-23(13-11-22)17-9-7-6-8-16(17)3/h6-9,15,19H,5,10-14H2,1-4H3,(H,21,24)/p+1/t15-,19-/m0/s1. The van der Waals surface area contributed by atoms with Crippen LogP contribution in [0, 0.1) is 12.8 Å². The van der Waals surface area contributed by atoms with E-state index in [4.69, 9.17) is 4.74 Å². The Morgan fingerprint density at radius 1 is 1.27 bits per heavy atom. The van der Waals surface area contributed by atoms with Crippen LogP contribution in [-0.2, 0) is 14.3 Å². The molecule has 1 aliphatic heterocycles. The van der Waals surface area contributed by atoms with Crippen LogP contribution in [-0.4, -0.2) is 57.8 Å². The van der Waals surface area contributed by atoms with E-state index < -0.39 is 6.04 Å². The minimum Gasteiger partial charge on any atom is -0.467 e. The van der Waals surface area contributed by atoms with Gasteiger partial charge in [0.1, 0.15) is 6.04 Å². The third-order valence-corrected chi connectivity index (χ3v) is 5.32. The van der Waals surface area contributed by atoms with Gasteiger partial charge in [0.25, 0.3) is 5.91 Å². The molecule has 0 unspecified atom stereocenters. The molecule has 1 heterocycles. The van der Waals surface area contributed by atoms with Gasteiger partial charge in [-0.25, -0.2) is 4.79 Å². The molecule has 6 nitrogen and oxygen atoms in total. The molecule has 6 heteroatoms. The maximum Gasteiger partial charge on any atom is 0.328 e. The Kier molecular flexibility index (Phi) is 7.45. The van der Waals surface area contributed by atoms with Crippen LogP contribution in [0.4, 0.5) is 5.69 Å². The van der Waals surface area contributed by atoms with Gasteiger partial charge in [-0.3, -0.25) is 4.79 Å². The van der Waals surface area contributed by atoms with E-state index in [0.717, 1.165) is 32.6 Å². The van der Waals surface area contributed by atoms with Crippen LogP contribution in [0.2, 0.25) is 0 Å². The average Bonchev–Trinajstić information content (AvgIpc) is 2.66. The van der Waals surface area contributed by atoms with Crippen molar-refractivity contribution in [2.24, 2.45) is 5.92 Å². The number of ether oxygens (including phenoxy) is 1. The maximum absolute atomic E-state index is 12.4. The number of carbonyl (C=O) groups is 2. The fraction of sp³-hybridized carbons (Fsp3) is 0.600. The fourth-order valence-corrected chi connectivity index (χ4v) is 3.41. The molecule has 1 amide bonds. The van der Waals surface area contributed by atoms with Gasteiger partial charge in [0.05, 0.1) is 33.3 Å². The maximum atomic E-state index is 12.4. The molecule has 1 fully saturated rings. The second-order valence-electron chi connectivity index (χ2n) is 7.15. The molecule has 0 aromatic heterocycles. The Morgan fingerprint density at radius 2 is 1.92 bits per heavy atom. The van der Waals surface area contributed by atoms with Gasteiger partial charge in [-0.05, 0) is 24.5 Å². The molecular weight excluding hydrogens is 330 g/mol. The third-order valence-electron chi connectivity index (χ3n) is 5.32. The van der Waals surface area contributed by atoms with Crippen molar-refractivity contribution in [2.75, 3.05) is 44.7 Å². The zero-order valence-electron chi connectivity index (χ0n) is 16.4. The first-order valence-corrected chi connectivity index (χ1v) is 9.47. The van der Waals surface area contributed by atoms with E-state index in [0.29, 0.717) is 6.54 Å². The highest BCUT2D eigenvalue weighted by molar-refractivity contribution is 5.85. The number of hydrogen-bond acceptors (Lipinski definition) is 4. The van der Waals surface area contributed by atoms with Crippen LogP contribution in [0.5, 0.6) is 0 Å². The topological polar surface area (TPSA) is 63.1 Å². The summed E-state index contributed by atoms with van der Waals surface area (Å²) in [6, 6.07) is 7.84. The molecule has 0 bridgehead atoms. The summed E-state index contributed by atoms with van der Waals surface area (Å²) in [4.78, 5) is 28.0. The van der Waals surface area contributed by atoms with Crippen molar-refractivity contribution in [3.63, 3.8) is 0 Å². The Balaban J connectivity index is 1.85. The average molecular weight is 362 g/mol. The van der Waals surface area contributed by atoms with Crippen LogP contribution < -0.4 is 15.1 Å². The molecule has 1 aliphatic rings. The van der Waals surface area contributed by atoms with Crippen LogP contribution in [0.15, 0.2) is 24.3 Å². The largest absolute Gasteiger partial charge is 0.467 e. The lowest BCUT2D eigenvalue weighted by molar-refractivity contribution is -0.892. The number of hydrogen-bond donors (Lipinski definition) is 2. The number of benzene rings is 1. The Bertz CT molecular complexity index is 612. The van der Waals surface area contributed by atoms with Crippen LogP contribution in [0.3, 0.4) is 0 Å². The molecule has 0 saturated carbocycles. The monoisotopic (exact) mass is 362 g/mol. The zero-order valence-corrected chi connectivity index (χ0v) is 16.4. The number of amides is 1. The number of aryl methyl sites for hydroxylation is 1. The lowest BCUT2D eigenvalue weighted by Gasteiger charge is -2.34. The van der Waals surface area contributed by atoms with Crippen molar-refractivity contribution in [3.05, 3.63) is 29.8 Å². The first-order chi connectivity index (χ1) is 12.5. The number of carbonyl (C=O) groups excluding carboxylic acids is 2. The Morgan fingerprint density at radius 3 is 2.50 bits per heavy atom. The van der Waals surface area contributed by atoms with Crippen molar-refractivity contribution >= 4 is 17.6 Å². The predicted molar refractivity (Wildman–Crippen MR) is 102 cm³/mol. The Labute approximate surface area is 156 Å². The summed E-state index contributed by atoms with van der Waals surface area (Å²) in [6.45, 7) is 10.2. The smallest absolute Gasteiger partial charge is 0.328 e. The van der Waals surface area contributed by atoms with Crippen molar-refractivity contribution in [3.8, 4) is 0 Å². The van der Waals surface area contributed by atoms with E-state index in [1.165, 1.54) is 23.3 Å². The molecule has 2 rings (SSSR count). The van der Waals surface area contributed by atoms with Gasteiger partial charge >= 0.3 is 5.97 Å². The molecule has 0 aliphatic carbocycles. The molecule has 0 spiro atoms. The molecule has 26 heavy (non-hydrogen) atoms. The summed E-state index contributed by atoms with van der Waals surface area (Å²) in [5, 5.41) is 2.87. The van der Waals surface area contributed by atoms with Crippen LogP contribution >= 0.6 is 0 Å². The molecule has 144 valence electrons. The van der Waals surface area contributed by atoms with E-state index in [1.807, 2.05) is 13.8 Å². The van der Waals surface area contributed by atoms with Crippen LogP contribution in [0.25, 0.3) is 0 Å². The minimum absolute atomic E-state index is 0.0549. The minimum atomic E-state index is -0.565. The number of esters is 1. The zero-order chi connectivity index (χ0) is 19.1. The summed E-state index contributed by atoms with van der Waals surface area (Å²) in [7, 11) is 1.36. The summed E-state index contributed by atoms with van der Waals surface area (Å²) in [5.41, 5.74) is 2.56. The van der Waals surface area contributed by atoms with E-state index in [9.17, 15) is 9.59 Å². The van der Waals surface area contributed by atoms with Gasteiger partial charge in [0, 0.05) is 5.69 Å². The highest BCUT2D eigenvalue weighted by Gasteiger charge is 2.29. The highest BCUT2D eigenvalue weighted by Crippen LogP contribution is 2.18. The first kappa shape index (κ1) is 20.2. The molecule has 1 saturated heterocycles. The normalized spacial score (nSPS) is 17.5. The van der Waals surface area contributed by atoms with E-state index >= 15 is 0 Å². The highest BCUT2D eigenvalue weighted by atomic mass is 16.5. The number of piperazine rings is 1. The fourth-order valence-electron chi connectivity index (χ4n) is 3.41. The number of nitrogens with zero attached hydrogens (tertiary/aromatic N) is 1. The van der Waals surface area contributed by atoms with Gasteiger partial charge in [-0.15, -0.1) is 0 Å². The first-order valence-electron chi connectivity index (χ1n) is 9.47. The number of methoxy groups -OCH3 is 1. The predicted octanol–water partition coefficient (Wildman–Crippen LogP) is 0.404. The third kappa shape index (κ3) is 5.21. The second-order valence-corrected chi connectivity index (χ2v) is 7.15. The van der Waals surface area contributed by atoms with Crippen LogP contribution in [0.1, 0.15) is 25.8 Å². The van der Waals surface area contributed by atoms with Gasteiger partial charge in [-0.1, -0.05) is 38.5 Å². The number of anilines is 1. The van der Waals surface area contributed by atoms with Gasteiger partial charge < -0.3 is 19.9 Å². The Hall–Kier alpha value is -2.08. The van der Waals surface area contributed by atoms with Gasteiger partial charge in [-0.2, -0.15) is 0 Å². The number of para-hydroxylation sites is 1. The molecule has 2 N–H and O–H groups in total. The molecular formula is C20H32N3O3+. The van der Waals surface area contributed by atoms with E-state index in [-0.39, 0.29) is 17.8 Å². The summed E-state index contributed by atoms with van der Waals surface area (Å²) in [5.74, 6) is -0.397. The van der Waals surface area contributed by atoms with Crippen molar-refractivity contribution in [1.82, 2.24) is 5.32 Å². The summed E-state index contributed by atoms with van der Waals surface area (Å²) < 4.78 is 4.83. The number of quaternary nitrogens is 1. The quantitative estimate of drug-likeness (QED) is 0.690. The lowest BCUT2D eigenvalue weighted by Crippen LogP contribution is -3.16. The molecule has 2 atom stereocenters. The van der Waals surface area contributed by atoms with Crippen molar-refractivity contribution < 1.29 is 19.2 Å². The lowest BCUT2D eigenvalue weighted by atomic mass is 9.99. The SMILES string of the molecule is CC[C@H](C)[C@H](NC(=O)C[NH+]1CCN(c2ccccc2C)CC1)C(=O)OC. The van der Waals surface area contributed by atoms with E-state index in [1.54, 1.807) is 0 Å².